The number of aliphatic hydroxyl groups is 1. The summed E-state index contributed by atoms with van der Waals surface area (Å²) in [6.07, 6.45) is 1.19. The number of nitrogens with zero attached hydrogens (tertiary/aromatic N) is 1. The van der Waals surface area contributed by atoms with Crippen molar-refractivity contribution < 1.29 is 14.7 Å². The number of rotatable bonds is 5. The molecule has 5 heteroatoms. The van der Waals surface area contributed by atoms with Crippen LogP contribution in [0.3, 0.4) is 0 Å². The van der Waals surface area contributed by atoms with Crippen LogP contribution in [-0.2, 0) is 9.63 Å². The molecule has 1 amide bonds. The van der Waals surface area contributed by atoms with Crippen LogP contribution < -0.4 is 5.32 Å². The maximum Gasteiger partial charge on any atom is 0.217 e. The van der Waals surface area contributed by atoms with Gasteiger partial charge in [0.05, 0.1) is 6.61 Å². The zero-order valence-corrected chi connectivity index (χ0v) is 15.4. The monoisotopic (exact) mass is 334 g/mol. The summed E-state index contributed by atoms with van der Waals surface area (Å²) < 4.78 is 0. The van der Waals surface area contributed by atoms with Gasteiger partial charge in [0.15, 0.2) is 0 Å². The highest BCUT2D eigenvalue weighted by Crippen LogP contribution is 2.40. The second kappa shape index (κ2) is 7.21. The Labute approximate surface area is 145 Å². The maximum atomic E-state index is 11.4. The molecule has 1 fully saturated rings. The number of carbonyl (C=O) groups excluding carboxylic acids is 1. The molecular weight excluding hydrogens is 304 g/mol. The first-order valence-electron chi connectivity index (χ1n) is 8.56. The third-order valence-corrected chi connectivity index (χ3v) is 4.57. The molecule has 24 heavy (non-hydrogen) atoms. The van der Waals surface area contributed by atoms with Gasteiger partial charge in [-0.2, -0.15) is 5.06 Å². The van der Waals surface area contributed by atoms with Gasteiger partial charge in [0.25, 0.3) is 0 Å². The Balaban J connectivity index is 2.20. The van der Waals surface area contributed by atoms with Gasteiger partial charge < -0.3 is 10.4 Å². The summed E-state index contributed by atoms with van der Waals surface area (Å²) in [5, 5.41) is 14.9. The number of benzene rings is 1. The largest absolute Gasteiger partial charge is 0.393 e. The Kier molecular flexibility index (Phi) is 5.68. The van der Waals surface area contributed by atoms with E-state index in [9.17, 15) is 9.90 Å². The molecule has 0 bridgehead atoms. The molecule has 2 N–H and O–H groups in total. The average molecular weight is 334 g/mol. The molecule has 1 unspecified atom stereocenters. The highest BCUT2D eigenvalue weighted by atomic mass is 16.7. The van der Waals surface area contributed by atoms with Crippen LogP contribution in [0.4, 0.5) is 0 Å². The molecule has 0 aliphatic carbocycles. The first kappa shape index (κ1) is 18.9. The van der Waals surface area contributed by atoms with E-state index in [1.165, 1.54) is 0 Å². The van der Waals surface area contributed by atoms with Crippen LogP contribution in [0.5, 0.6) is 0 Å². The zero-order chi connectivity index (χ0) is 18.0. The summed E-state index contributed by atoms with van der Waals surface area (Å²) in [7, 11) is 0. The number of amides is 1. The van der Waals surface area contributed by atoms with E-state index in [0.717, 1.165) is 18.4 Å². The molecule has 5 nitrogen and oxygen atoms in total. The van der Waals surface area contributed by atoms with Crippen molar-refractivity contribution in [2.24, 2.45) is 0 Å². The number of aliphatic hydroxyl groups excluding tert-OH is 1. The number of carbonyl (C=O) groups is 1. The summed E-state index contributed by atoms with van der Waals surface area (Å²) in [6, 6.07) is 9.89. The number of hydrogen-bond donors (Lipinski definition) is 2. The minimum absolute atomic E-state index is 0.00140. The van der Waals surface area contributed by atoms with E-state index in [0.29, 0.717) is 0 Å². The van der Waals surface area contributed by atoms with Crippen LogP contribution in [0.25, 0.3) is 0 Å². The van der Waals surface area contributed by atoms with Crippen LogP contribution in [0.2, 0.25) is 0 Å². The quantitative estimate of drug-likeness (QED) is 0.869. The summed E-state index contributed by atoms with van der Waals surface area (Å²) in [4.78, 5) is 17.7. The van der Waals surface area contributed by atoms with Gasteiger partial charge in [0.2, 0.25) is 5.91 Å². The lowest BCUT2D eigenvalue weighted by atomic mass is 9.79. The molecule has 0 aromatic heterocycles. The fraction of sp³-hybridized carbons (Fsp3) is 0.632. The van der Waals surface area contributed by atoms with Gasteiger partial charge in [0.1, 0.15) is 6.10 Å². The molecule has 1 aromatic carbocycles. The van der Waals surface area contributed by atoms with Gasteiger partial charge in [-0.1, -0.05) is 30.3 Å². The summed E-state index contributed by atoms with van der Waals surface area (Å²) in [5.41, 5.74) is 0.421. The van der Waals surface area contributed by atoms with E-state index >= 15 is 0 Å². The van der Waals surface area contributed by atoms with E-state index in [1.807, 2.05) is 35.4 Å². The Morgan fingerprint density at radius 2 is 1.79 bits per heavy atom. The third kappa shape index (κ3) is 4.35. The zero-order valence-electron chi connectivity index (χ0n) is 15.4. The van der Waals surface area contributed by atoms with Gasteiger partial charge in [0, 0.05) is 24.0 Å². The first-order valence-corrected chi connectivity index (χ1v) is 8.56. The van der Waals surface area contributed by atoms with Crippen molar-refractivity contribution in [3.63, 3.8) is 0 Å². The van der Waals surface area contributed by atoms with Crippen LogP contribution in [-0.4, -0.2) is 39.8 Å². The molecule has 0 radical (unpaired) electrons. The predicted molar refractivity (Wildman–Crippen MR) is 94.2 cm³/mol. The molecule has 134 valence electrons. The molecule has 0 spiro atoms. The van der Waals surface area contributed by atoms with Crippen molar-refractivity contribution in [1.29, 1.82) is 0 Å². The maximum absolute atomic E-state index is 11.4. The highest BCUT2D eigenvalue weighted by Gasteiger charge is 2.47. The van der Waals surface area contributed by atoms with Crippen LogP contribution in [0.1, 0.15) is 59.1 Å². The molecule has 1 saturated heterocycles. The van der Waals surface area contributed by atoms with Gasteiger partial charge in [-0.15, -0.1) is 0 Å². The van der Waals surface area contributed by atoms with Gasteiger partial charge in [-0.05, 0) is 46.1 Å². The molecule has 0 saturated carbocycles. The Bertz CT molecular complexity index is 539. The summed E-state index contributed by atoms with van der Waals surface area (Å²) in [6.45, 7) is 9.93. The van der Waals surface area contributed by atoms with Crippen molar-refractivity contribution in [2.45, 2.75) is 70.7 Å². The fourth-order valence-electron chi connectivity index (χ4n) is 3.93. The van der Waals surface area contributed by atoms with Crippen LogP contribution in [0, 0.1) is 0 Å². The minimum atomic E-state index is -0.401. The molecule has 1 aliphatic rings. The van der Waals surface area contributed by atoms with E-state index in [1.54, 1.807) is 6.92 Å². The smallest absolute Gasteiger partial charge is 0.217 e. The molecule has 1 atom stereocenters. The van der Waals surface area contributed by atoms with Crippen molar-refractivity contribution in [1.82, 2.24) is 10.4 Å². The Morgan fingerprint density at radius 3 is 2.25 bits per heavy atom. The summed E-state index contributed by atoms with van der Waals surface area (Å²) in [5.74, 6) is -0.00140. The topological polar surface area (TPSA) is 61.8 Å². The lowest BCUT2D eigenvalue weighted by molar-refractivity contribution is -0.313. The Hall–Kier alpha value is -1.43. The van der Waals surface area contributed by atoms with E-state index in [2.05, 4.69) is 33.0 Å². The van der Waals surface area contributed by atoms with Gasteiger partial charge >= 0.3 is 0 Å². The first-order chi connectivity index (χ1) is 11.2. The van der Waals surface area contributed by atoms with E-state index in [4.69, 9.17) is 4.84 Å². The van der Waals surface area contributed by atoms with Crippen molar-refractivity contribution in [3.05, 3.63) is 35.9 Å². The number of hydroxylamine groups is 2. The lowest BCUT2D eigenvalue weighted by Crippen LogP contribution is -2.64. The number of piperidine rings is 1. The van der Waals surface area contributed by atoms with Crippen LogP contribution in [0.15, 0.2) is 30.3 Å². The lowest BCUT2D eigenvalue weighted by Gasteiger charge is -2.54. The van der Waals surface area contributed by atoms with Crippen LogP contribution >= 0.6 is 0 Å². The van der Waals surface area contributed by atoms with E-state index in [-0.39, 0.29) is 29.6 Å². The second-order valence-corrected chi connectivity index (χ2v) is 7.91. The van der Waals surface area contributed by atoms with Crippen molar-refractivity contribution >= 4 is 5.91 Å². The molecule has 2 rings (SSSR count). The van der Waals surface area contributed by atoms with Gasteiger partial charge in [-0.25, -0.2) is 0 Å². The van der Waals surface area contributed by atoms with Gasteiger partial charge in [-0.3, -0.25) is 9.63 Å². The minimum Gasteiger partial charge on any atom is -0.393 e. The molecule has 1 heterocycles. The Morgan fingerprint density at radius 1 is 1.25 bits per heavy atom. The summed E-state index contributed by atoms with van der Waals surface area (Å²) >= 11 is 0. The molecule has 1 aliphatic heterocycles. The third-order valence-electron chi connectivity index (χ3n) is 4.57. The molecular formula is C19H30N2O3. The fourth-order valence-corrected chi connectivity index (χ4v) is 3.93. The number of nitrogens with one attached hydrogen (secondary N) is 1. The predicted octanol–water partition coefficient (Wildman–Crippen LogP) is 2.81. The SMILES string of the molecule is CC(=O)NC1CC(C)(C)N(OC(CO)c2ccccc2)C(C)(C)C1. The van der Waals surface area contributed by atoms with Crippen molar-refractivity contribution in [3.8, 4) is 0 Å². The molecule has 1 aromatic rings. The van der Waals surface area contributed by atoms with E-state index < -0.39 is 6.10 Å². The standard InChI is InChI=1S/C19H30N2O3/c1-14(23)20-16-11-18(2,3)21(19(4,5)12-16)24-17(13-22)15-9-7-6-8-10-15/h6-10,16-17,22H,11-13H2,1-5H3,(H,20,23). The normalized spacial score (nSPS) is 22.1. The number of hydrogen-bond acceptors (Lipinski definition) is 4. The highest BCUT2D eigenvalue weighted by molar-refractivity contribution is 5.73. The second-order valence-electron chi connectivity index (χ2n) is 7.91. The average Bonchev–Trinajstić information content (AvgIpc) is 2.45. The van der Waals surface area contributed by atoms with Crippen molar-refractivity contribution in [2.75, 3.05) is 6.61 Å².